The Balaban J connectivity index is 1.41. The van der Waals surface area contributed by atoms with Crippen molar-refractivity contribution in [1.29, 1.82) is 0 Å². The molecule has 1 aromatic heterocycles. The molecule has 28 heavy (non-hydrogen) atoms. The number of carbonyl (C=O) groups is 2. The van der Waals surface area contributed by atoms with Gasteiger partial charge in [-0.1, -0.05) is 0 Å². The summed E-state index contributed by atoms with van der Waals surface area (Å²) in [7, 11) is 3.40. The summed E-state index contributed by atoms with van der Waals surface area (Å²) in [5.41, 5.74) is 1.17. The first-order chi connectivity index (χ1) is 13.6. The van der Waals surface area contributed by atoms with E-state index in [4.69, 9.17) is 4.74 Å². The fourth-order valence-electron chi connectivity index (χ4n) is 3.95. The first kappa shape index (κ1) is 20.5. The highest BCUT2D eigenvalue weighted by Crippen LogP contribution is 2.22. The van der Waals surface area contributed by atoms with E-state index >= 15 is 0 Å². The van der Waals surface area contributed by atoms with Gasteiger partial charge in [0.15, 0.2) is 0 Å². The van der Waals surface area contributed by atoms with E-state index in [9.17, 15) is 9.59 Å². The van der Waals surface area contributed by atoms with E-state index < -0.39 is 0 Å². The number of hydrogen-bond donors (Lipinski definition) is 0. The van der Waals surface area contributed by atoms with Gasteiger partial charge in [-0.2, -0.15) is 0 Å². The standard InChI is InChI=1S/C20H31N5O3/c1-22(10-7-19(26)28-2)25-11-5-17(6-12-25)20(27)24-15-13-23(14-16-24)18-3-8-21-9-4-18/h3-4,8-9,17H,5-7,10-16H2,1-2H3. The SMILES string of the molecule is COC(=O)CCN(C)N1CCC(C(=O)N2CCN(c3ccncc3)CC2)CC1. The lowest BCUT2D eigenvalue weighted by atomic mass is 9.95. The summed E-state index contributed by atoms with van der Waals surface area (Å²) in [5.74, 6) is 0.215. The van der Waals surface area contributed by atoms with Gasteiger partial charge in [0.1, 0.15) is 0 Å². The molecule has 0 spiro atoms. The lowest BCUT2D eigenvalue weighted by molar-refractivity contribution is -0.142. The molecule has 0 aromatic carbocycles. The molecule has 154 valence electrons. The number of carbonyl (C=O) groups excluding carboxylic acids is 2. The Morgan fingerprint density at radius 1 is 1.11 bits per heavy atom. The van der Waals surface area contributed by atoms with Crippen LogP contribution in [-0.2, 0) is 14.3 Å². The van der Waals surface area contributed by atoms with Gasteiger partial charge in [-0.25, -0.2) is 10.0 Å². The number of amides is 1. The number of aromatic nitrogens is 1. The Labute approximate surface area is 167 Å². The van der Waals surface area contributed by atoms with Gasteiger partial charge in [0, 0.05) is 76.9 Å². The number of anilines is 1. The van der Waals surface area contributed by atoms with Gasteiger partial charge < -0.3 is 14.5 Å². The maximum absolute atomic E-state index is 12.9. The lowest BCUT2D eigenvalue weighted by Crippen LogP contribution is -2.53. The lowest BCUT2D eigenvalue weighted by Gasteiger charge is -2.41. The number of methoxy groups -OCH3 is 1. The van der Waals surface area contributed by atoms with Crippen molar-refractivity contribution >= 4 is 17.6 Å². The number of ether oxygens (including phenoxy) is 1. The predicted molar refractivity (Wildman–Crippen MR) is 107 cm³/mol. The molecule has 0 atom stereocenters. The average Bonchev–Trinajstić information content (AvgIpc) is 2.77. The summed E-state index contributed by atoms with van der Waals surface area (Å²) in [5, 5.41) is 4.30. The van der Waals surface area contributed by atoms with Gasteiger partial charge in [-0.05, 0) is 25.0 Å². The molecule has 0 saturated carbocycles. The maximum Gasteiger partial charge on any atom is 0.306 e. The molecular formula is C20H31N5O3. The van der Waals surface area contributed by atoms with Crippen LogP contribution in [0.5, 0.6) is 0 Å². The Kier molecular flexibility index (Phi) is 7.22. The van der Waals surface area contributed by atoms with Crippen LogP contribution in [0.2, 0.25) is 0 Å². The zero-order valence-electron chi connectivity index (χ0n) is 16.9. The molecular weight excluding hydrogens is 358 g/mol. The molecule has 0 unspecified atom stereocenters. The Bertz CT molecular complexity index is 641. The second kappa shape index (κ2) is 9.84. The molecule has 8 nitrogen and oxygen atoms in total. The quantitative estimate of drug-likeness (QED) is 0.668. The van der Waals surface area contributed by atoms with E-state index in [1.165, 1.54) is 12.8 Å². The molecule has 1 amide bonds. The van der Waals surface area contributed by atoms with Crippen molar-refractivity contribution in [2.24, 2.45) is 5.92 Å². The average molecular weight is 390 g/mol. The van der Waals surface area contributed by atoms with Gasteiger partial charge in [-0.3, -0.25) is 14.6 Å². The second-order valence-corrected chi connectivity index (χ2v) is 7.45. The molecule has 0 bridgehead atoms. The monoisotopic (exact) mass is 389 g/mol. The van der Waals surface area contributed by atoms with Gasteiger partial charge in [0.05, 0.1) is 13.5 Å². The summed E-state index contributed by atoms with van der Waals surface area (Å²) in [6.07, 6.45) is 5.73. The number of pyridine rings is 1. The number of esters is 1. The molecule has 1 aromatic rings. The number of hydrazine groups is 1. The van der Waals surface area contributed by atoms with Crippen LogP contribution in [0.3, 0.4) is 0 Å². The number of rotatable bonds is 6. The topological polar surface area (TPSA) is 69.2 Å². The van der Waals surface area contributed by atoms with Gasteiger partial charge >= 0.3 is 5.97 Å². The molecule has 2 aliphatic rings. The number of piperazine rings is 1. The Morgan fingerprint density at radius 3 is 2.36 bits per heavy atom. The van der Waals surface area contributed by atoms with E-state index in [1.54, 1.807) is 0 Å². The van der Waals surface area contributed by atoms with E-state index in [2.05, 4.69) is 19.9 Å². The summed E-state index contributed by atoms with van der Waals surface area (Å²) in [6, 6.07) is 4.04. The summed E-state index contributed by atoms with van der Waals surface area (Å²) in [4.78, 5) is 32.6. The van der Waals surface area contributed by atoms with Crippen molar-refractivity contribution in [3.63, 3.8) is 0 Å². The molecule has 0 aliphatic carbocycles. The van der Waals surface area contributed by atoms with Crippen molar-refractivity contribution < 1.29 is 14.3 Å². The first-order valence-electron chi connectivity index (χ1n) is 10.0. The molecule has 2 saturated heterocycles. The van der Waals surface area contributed by atoms with Gasteiger partial charge in [0.2, 0.25) is 5.91 Å². The number of piperidine rings is 1. The van der Waals surface area contributed by atoms with Crippen LogP contribution in [-0.4, -0.2) is 91.7 Å². The van der Waals surface area contributed by atoms with Crippen molar-refractivity contribution in [1.82, 2.24) is 19.9 Å². The van der Waals surface area contributed by atoms with Crippen LogP contribution in [0.15, 0.2) is 24.5 Å². The second-order valence-electron chi connectivity index (χ2n) is 7.45. The third kappa shape index (κ3) is 5.20. The molecule has 3 rings (SSSR count). The zero-order chi connectivity index (χ0) is 19.9. The minimum Gasteiger partial charge on any atom is -0.469 e. The van der Waals surface area contributed by atoms with E-state index in [0.29, 0.717) is 18.9 Å². The molecule has 0 radical (unpaired) electrons. The molecule has 3 heterocycles. The van der Waals surface area contributed by atoms with Crippen LogP contribution < -0.4 is 4.90 Å². The highest BCUT2D eigenvalue weighted by molar-refractivity contribution is 5.79. The van der Waals surface area contributed by atoms with E-state index in [-0.39, 0.29) is 11.9 Å². The fourth-order valence-corrected chi connectivity index (χ4v) is 3.95. The minimum absolute atomic E-state index is 0.109. The summed E-state index contributed by atoms with van der Waals surface area (Å²) < 4.78 is 4.70. The number of nitrogens with zero attached hydrogens (tertiary/aromatic N) is 5. The largest absolute Gasteiger partial charge is 0.469 e. The van der Waals surface area contributed by atoms with Crippen molar-refractivity contribution in [2.45, 2.75) is 19.3 Å². The van der Waals surface area contributed by atoms with Crippen LogP contribution >= 0.6 is 0 Å². The van der Waals surface area contributed by atoms with Crippen LogP contribution in [0, 0.1) is 5.92 Å². The highest BCUT2D eigenvalue weighted by Gasteiger charge is 2.31. The van der Waals surface area contributed by atoms with Crippen LogP contribution in [0.4, 0.5) is 5.69 Å². The smallest absolute Gasteiger partial charge is 0.306 e. The normalized spacial score (nSPS) is 19.1. The Hall–Kier alpha value is -2.19. The van der Waals surface area contributed by atoms with E-state index in [1.807, 2.05) is 36.5 Å². The van der Waals surface area contributed by atoms with Gasteiger partial charge in [0.25, 0.3) is 0 Å². The van der Waals surface area contributed by atoms with Crippen molar-refractivity contribution in [3.05, 3.63) is 24.5 Å². The summed E-state index contributed by atoms with van der Waals surface area (Å²) >= 11 is 0. The van der Waals surface area contributed by atoms with Crippen molar-refractivity contribution in [3.8, 4) is 0 Å². The number of hydrogen-bond acceptors (Lipinski definition) is 7. The van der Waals surface area contributed by atoms with Crippen LogP contribution in [0.1, 0.15) is 19.3 Å². The molecule has 2 aliphatic heterocycles. The maximum atomic E-state index is 12.9. The highest BCUT2D eigenvalue weighted by atomic mass is 16.5. The zero-order valence-corrected chi connectivity index (χ0v) is 16.9. The minimum atomic E-state index is -0.192. The summed E-state index contributed by atoms with van der Waals surface area (Å²) in [6.45, 7) is 5.63. The molecule has 0 N–H and O–H groups in total. The van der Waals surface area contributed by atoms with Gasteiger partial charge in [-0.15, -0.1) is 0 Å². The molecule has 8 heteroatoms. The van der Waals surface area contributed by atoms with Crippen molar-refractivity contribution in [2.75, 3.05) is 64.9 Å². The third-order valence-electron chi connectivity index (χ3n) is 5.79. The van der Waals surface area contributed by atoms with Crippen LogP contribution in [0.25, 0.3) is 0 Å². The Morgan fingerprint density at radius 2 is 1.75 bits per heavy atom. The predicted octanol–water partition coefficient (Wildman–Crippen LogP) is 0.852. The third-order valence-corrected chi connectivity index (χ3v) is 5.79. The fraction of sp³-hybridized carbons (Fsp3) is 0.650. The first-order valence-corrected chi connectivity index (χ1v) is 10.0. The molecule has 2 fully saturated rings. The van der Waals surface area contributed by atoms with E-state index in [0.717, 1.165) is 52.1 Å².